The van der Waals surface area contributed by atoms with Crippen molar-refractivity contribution in [2.24, 2.45) is 0 Å². The zero-order chi connectivity index (χ0) is 27.1. The van der Waals surface area contributed by atoms with Crippen molar-refractivity contribution in [3.8, 4) is 5.75 Å². The summed E-state index contributed by atoms with van der Waals surface area (Å²) in [6.45, 7) is 0. The molecular weight excluding hydrogens is 536 g/mol. The first kappa shape index (κ1) is 28.5. The highest BCUT2D eigenvalue weighted by Crippen LogP contribution is 2.44. The summed E-state index contributed by atoms with van der Waals surface area (Å²) in [5.74, 6) is -0.596. The van der Waals surface area contributed by atoms with Crippen molar-refractivity contribution in [1.29, 1.82) is 0 Å². The van der Waals surface area contributed by atoms with E-state index in [0.717, 1.165) is 62.6 Å². The molecule has 1 saturated heterocycles. The highest BCUT2D eigenvalue weighted by Gasteiger charge is 2.49. The zero-order valence-corrected chi connectivity index (χ0v) is 22.3. The normalized spacial score (nSPS) is 16.9. The summed E-state index contributed by atoms with van der Waals surface area (Å²) in [4.78, 5) is 12.6. The van der Waals surface area contributed by atoms with Gasteiger partial charge in [0.2, 0.25) is 0 Å². The number of unbranched alkanes of at least 4 members (excludes halogenated alkanes) is 5. The number of esters is 1. The minimum atomic E-state index is -4.49. The molecule has 1 heterocycles. The maximum atomic E-state index is 13.4. The number of rotatable bonds is 12. The molecule has 3 aromatic carbocycles. The van der Waals surface area contributed by atoms with Crippen molar-refractivity contribution >= 4 is 29.2 Å². The largest absolute Gasteiger partial charge is 0.423 e. The molecule has 202 valence electrons. The molecule has 1 aliphatic rings. The van der Waals surface area contributed by atoms with E-state index in [0.29, 0.717) is 17.0 Å². The van der Waals surface area contributed by atoms with Crippen LogP contribution in [0.4, 0.5) is 13.2 Å². The van der Waals surface area contributed by atoms with Crippen LogP contribution in [0.25, 0.3) is 0 Å². The lowest BCUT2D eigenvalue weighted by molar-refractivity contribution is -0.137. The molecule has 1 fully saturated rings. The van der Waals surface area contributed by atoms with E-state index in [-0.39, 0.29) is 10.8 Å². The number of carbonyl (C=O) groups excluding carboxylic acids is 1. The molecule has 0 aliphatic carbocycles. The number of epoxide rings is 1. The third kappa shape index (κ3) is 7.98. The molecule has 8 heteroatoms. The van der Waals surface area contributed by atoms with E-state index >= 15 is 0 Å². The van der Waals surface area contributed by atoms with Gasteiger partial charge in [-0.25, -0.2) is 4.79 Å². The predicted octanol–water partition coefficient (Wildman–Crippen LogP) is 9.18. The second-order valence-electron chi connectivity index (χ2n) is 9.49. The van der Waals surface area contributed by atoms with E-state index in [1.807, 2.05) is 6.07 Å². The fourth-order valence-corrected chi connectivity index (χ4v) is 4.96. The van der Waals surface area contributed by atoms with E-state index in [9.17, 15) is 18.0 Å². The van der Waals surface area contributed by atoms with E-state index < -0.39 is 29.9 Å². The van der Waals surface area contributed by atoms with E-state index in [1.165, 1.54) is 29.8 Å². The summed E-state index contributed by atoms with van der Waals surface area (Å²) >= 11 is 11.9. The number of halogens is 5. The van der Waals surface area contributed by atoms with Crippen LogP contribution in [0.2, 0.25) is 10.0 Å². The van der Waals surface area contributed by atoms with Crippen LogP contribution in [-0.4, -0.2) is 12.1 Å². The number of hydrogen-bond donors (Lipinski definition) is 0. The van der Waals surface area contributed by atoms with Crippen molar-refractivity contribution < 1.29 is 27.4 Å². The van der Waals surface area contributed by atoms with Crippen molar-refractivity contribution in [2.75, 3.05) is 0 Å². The Morgan fingerprint density at radius 2 is 1.53 bits per heavy atom. The molecule has 1 aliphatic heterocycles. The molecule has 0 N–H and O–H groups in total. The Labute approximate surface area is 230 Å². The Kier molecular flexibility index (Phi) is 9.74. The number of carbonyl (C=O) groups is 1. The SMILES string of the molecule is O=C(Oc1ccc(Cl)cc1Cl)C1OC1c1cc(C(F)(F)F)ccc1CCCCCCCCc1ccccc1. The zero-order valence-electron chi connectivity index (χ0n) is 20.8. The number of ether oxygens (including phenoxy) is 2. The molecule has 38 heavy (non-hydrogen) atoms. The summed E-state index contributed by atoms with van der Waals surface area (Å²) < 4.78 is 51.0. The number of alkyl halides is 3. The lowest BCUT2D eigenvalue weighted by Crippen LogP contribution is -2.16. The first-order chi connectivity index (χ1) is 18.2. The van der Waals surface area contributed by atoms with Crippen LogP contribution in [0.5, 0.6) is 5.75 Å². The van der Waals surface area contributed by atoms with Gasteiger partial charge < -0.3 is 9.47 Å². The third-order valence-corrected chi connectivity index (χ3v) is 7.14. The minimum absolute atomic E-state index is 0.114. The van der Waals surface area contributed by atoms with Gasteiger partial charge in [-0.3, -0.25) is 0 Å². The molecule has 2 atom stereocenters. The van der Waals surface area contributed by atoms with Gasteiger partial charge >= 0.3 is 12.1 Å². The van der Waals surface area contributed by atoms with Crippen LogP contribution in [0.15, 0.2) is 66.7 Å². The average molecular weight is 565 g/mol. The molecular formula is C30H29Cl2F3O3. The molecule has 0 saturated carbocycles. The van der Waals surface area contributed by atoms with Crippen LogP contribution in [0.3, 0.4) is 0 Å². The van der Waals surface area contributed by atoms with Gasteiger partial charge in [-0.15, -0.1) is 0 Å². The van der Waals surface area contributed by atoms with Gasteiger partial charge in [0, 0.05) is 5.02 Å². The Balaban J connectivity index is 1.30. The highest BCUT2D eigenvalue weighted by molar-refractivity contribution is 6.35. The number of hydrogen-bond acceptors (Lipinski definition) is 3. The van der Waals surface area contributed by atoms with Gasteiger partial charge in [0.05, 0.1) is 10.6 Å². The number of benzene rings is 3. The van der Waals surface area contributed by atoms with E-state index in [4.69, 9.17) is 32.7 Å². The van der Waals surface area contributed by atoms with Crippen LogP contribution >= 0.6 is 23.2 Å². The smallest absolute Gasteiger partial charge is 0.416 e. The van der Waals surface area contributed by atoms with Crippen LogP contribution in [0.1, 0.15) is 66.9 Å². The van der Waals surface area contributed by atoms with Gasteiger partial charge in [-0.1, -0.05) is 85.3 Å². The molecule has 0 aromatic heterocycles. The fourth-order valence-electron chi connectivity index (χ4n) is 4.51. The average Bonchev–Trinajstić information content (AvgIpc) is 3.68. The predicted molar refractivity (Wildman–Crippen MR) is 143 cm³/mol. The second kappa shape index (κ2) is 13.0. The second-order valence-corrected chi connectivity index (χ2v) is 10.3. The lowest BCUT2D eigenvalue weighted by atomic mass is 9.95. The number of aryl methyl sites for hydroxylation is 2. The van der Waals surface area contributed by atoms with Crippen LogP contribution in [0, 0.1) is 0 Å². The Bertz CT molecular complexity index is 1230. The Hall–Kier alpha value is -2.54. The molecule has 0 amide bonds. The van der Waals surface area contributed by atoms with Gasteiger partial charge in [-0.05, 0) is 72.7 Å². The molecule has 0 spiro atoms. The Morgan fingerprint density at radius 3 is 2.21 bits per heavy atom. The standard InChI is InChI=1S/C30H29Cl2F3O3/c31-23-16-17-26(25(32)19-23)37-29(36)28-27(38-28)24-18-22(30(33,34)35)15-14-21(24)13-9-4-2-1-3-6-10-20-11-7-5-8-12-20/h5,7-8,11-12,14-19,27-28H,1-4,6,9-10,13H2. The van der Waals surface area contributed by atoms with Crippen molar-refractivity contribution in [3.63, 3.8) is 0 Å². The molecule has 2 unspecified atom stereocenters. The summed E-state index contributed by atoms with van der Waals surface area (Å²) in [7, 11) is 0. The quantitative estimate of drug-likeness (QED) is 0.0952. The van der Waals surface area contributed by atoms with Crippen molar-refractivity contribution in [1.82, 2.24) is 0 Å². The van der Waals surface area contributed by atoms with Gasteiger partial charge in [0.15, 0.2) is 6.10 Å². The van der Waals surface area contributed by atoms with Crippen LogP contribution in [-0.2, 0) is 28.5 Å². The van der Waals surface area contributed by atoms with Gasteiger partial charge in [-0.2, -0.15) is 13.2 Å². The van der Waals surface area contributed by atoms with Gasteiger partial charge in [0.25, 0.3) is 0 Å². The monoisotopic (exact) mass is 564 g/mol. The molecule has 0 bridgehead atoms. The topological polar surface area (TPSA) is 38.8 Å². The first-order valence-corrected chi connectivity index (χ1v) is 13.5. The highest BCUT2D eigenvalue weighted by atomic mass is 35.5. The van der Waals surface area contributed by atoms with Crippen molar-refractivity contribution in [2.45, 2.75) is 69.8 Å². The maximum absolute atomic E-state index is 13.4. The summed E-state index contributed by atoms with van der Waals surface area (Å²) in [5.41, 5.74) is 1.72. The molecule has 0 radical (unpaired) electrons. The minimum Gasteiger partial charge on any atom is -0.423 e. The van der Waals surface area contributed by atoms with E-state index in [1.54, 1.807) is 0 Å². The molecule has 4 rings (SSSR count). The third-order valence-electron chi connectivity index (χ3n) is 6.61. The van der Waals surface area contributed by atoms with E-state index in [2.05, 4.69) is 24.3 Å². The summed E-state index contributed by atoms with van der Waals surface area (Å²) in [6, 6.07) is 18.5. The molecule has 3 aromatic rings. The maximum Gasteiger partial charge on any atom is 0.416 e. The Morgan fingerprint density at radius 1 is 0.842 bits per heavy atom. The first-order valence-electron chi connectivity index (χ1n) is 12.8. The summed E-state index contributed by atoms with van der Waals surface area (Å²) in [5, 5.41) is 0.541. The van der Waals surface area contributed by atoms with Crippen molar-refractivity contribution in [3.05, 3.63) is 99.0 Å². The molecule has 3 nitrogen and oxygen atoms in total. The lowest BCUT2D eigenvalue weighted by Gasteiger charge is -2.13. The van der Waals surface area contributed by atoms with Crippen LogP contribution < -0.4 is 4.74 Å². The summed E-state index contributed by atoms with van der Waals surface area (Å²) in [6.07, 6.45) is 1.74. The van der Waals surface area contributed by atoms with Gasteiger partial charge in [0.1, 0.15) is 11.9 Å². The fraction of sp³-hybridized carbons (Fsp3) is 0.367.